The molecule has 0 aliphatic heterocycles. The van der Waals surface area contributed by atoms with Gasteiger partial charge >= 0.3 is 0 Å². The van der Waals surface area contributed by atoms with E-state index < -0.39 is 5.60 Å². The van der Waals surface area contributed by atoms with E-state index in [-0.39, 0.29) is 5.78 Å². The molecule has 0 unspecified atom stereocenters. The first-order valence-electron chi connectivity index (χ1n) is 4.50. The third-order valence-electron chi connectivity index (χ3n) is 2.23. The van der Waals surface area contributed by atoms with Crippen molar-refractivity contribution in [1.82, 2.24) is 4.98 Å². The van der Waals surface area contributed by atoms with Crippen LogP contribution in [0.25, 0.3) is 0 Å². The molecule has 0 saturated heterocycles. The van der Waals surface area contributed by atoms with Crippen molar-refractivity contribution >= 4 is 5.78 Å². The molecular weight excluding hydrogens is 178 g/mol. The van der Waals surface area contributed by atoms with Crippen molar-refractivity contribution in [3.05, 3.63) is 29.6 Å². The number of aryl methyl sites for hydroxylation is 1. The van der Waals surface area contributed by atoms with Crippen LogP contribution in [-0.2, 0) is 4.74 Å². The van der Waals surface area contributed by atoms with E-state index in [1.807, 2.05) is 13.0 Å². The Labute approximate surface area is 84.1 Å². The molecule has 14 heavy (non-hydrogen) atoms. The molecule has 1 heterocycles. The van der Waals surface area contributed by atoms with E-state index in [2.05, 4.69) is 4.98 Å². The Morgan fingerprint density at radius 1 is 1.43 bits per heavy atom. The first-order chi connectivity index (χ1) is 6.47. The maximum absolute atomic E-state index is 11.8. The molecule has 0 amide bonds. The van der Waals surface area contributed by atoms with Gasteiger partial charge in [-0.2, -0.15) is 0 Å². The first kappa shape index (κ1) is 10.9. The highest BCUT2D eigenvalue weighted by Crippen LogP contribution is 2.15. The van der Waals surface area contributed by atoms with Crippen molar-refractivity contribution in [3.63, 3.8) is 0 Å². The number of ether oxygens (including phenoxy) is 1. The van der Waals surface area contributed by atoms with Gasteiger partial charge in [0.05, 0.1) is 0 Å². The van der Waals surface area contributed by atoms with E-state index in [0.717, 1.165) is 5.69 Å². The van der Waals surface area contributed by atoms with Gasteiger partial charge in [-0.15, -0.1) is 0 Å². The summed E-state index contributed by atoms with van der Waals surface area (Å²) in [6, 6.07) is 3.59. The van der Waals surface area contributed by atoms with E-state index in [9.17, 15) is 4.79 Å². The second-order valence-electron chi connectivity index (χ2n) is 3.73. The molecule has 76 valence electrons. The van der Waals surface area contributed by atoms with Gasteiger partial charge in [0.15, 0.2) is 5.78 Å². The molecule has 0 aliphatic rings. The van der Waals surface area contributed by atoms with E-state index in [1.165, 1.54) is 7.11 Å². The van der Waals surface area contributed by atoms with Crippen LogP contribution >= 0.6 is 0 Å². The number of hydrogen-bond acceptors (Lipinski definition) is 3. The van der Waals surface area contributed by atoms with Crippen LogP contribution in [0.2, 0.25) is 0 Å². The molecule has 0 atom stereocenters. The average Bonchev–Trinajstić information content (AvgIpc) is 2.18. The van der Waals surface area contributed by atoms with Gasteiger partial charge in [-0.25, -0.2) is 0 Å². The molecule has 0 aliphatic carbocycles. The molecule has 0 aromatic carbocycles. The molecule has 0 spiro atoms. The molecule has 1 aromatic rings. The smallest absolute Gasteiger partial charge is 0.195 e. The number of ketones is 1. The predicted octanol–water partition coefficient (Wildman–Crippen LogP) is 2.00. The van der Waals surface area contributed by atoms with Gasteiger partial charge in [0.2, 0.25) is 0 Å². The highest BCUT2D eigenvalue weighted by Gasteiger charge is 2.28. The van der Waals surface area contributed by atoms with Gasteiger partial charge in [0, 0.05) is 24.6 Å². The Morgan fingerprint density at radius 3 is 2.50 bits per heavy atom. The van der Waals surface area contributed by atoms with Crippen LogP contribution in [0.4, 0.5) is 0 Å². The van der Waals surface area contributed by atoms with Crippen molar-refractivity contribution in [2.24, 2.45) is 0 Å². The Kier molecular flexibility index (Phi) is 3.01. The summed E-state index contributed by atoms with van der Waals surface area (Å²) in [6.45, 7) is 5.38. The van der Waals surface area contributed by atoms with Crippen LogP contribution in [-0.4, -0.2) is 23.5 Å². The Balaban J connectivity index is 2.96. The summed E-state index contributed by atoms with van der Waals surface area (Å²) < 4.78 is 5.11. The molecular formula is C11H15NO2. The van der Waals surface area contributed by atoms with Gasteiger partial charge in [-0.1, -0.05) is 0 Å². The third-order valence-corrected chi connectivity index (χ3v) is 2.23. The molecule has 0 fully saturated rings. The predicted molar refractivity (Wildman–Crippen MR) is 54.4 cm³/mol. The number of carbonyl (C=O) groups excluding carboxylic acids is 1. The molecule has 1 rings (SSSR count). The topological polar surface area (TPSA) is 39.2 Å². The van der Waals surface area contributed by atoms with Crippen LogP contribution < -0.4 is 0 Å². The SMILES string of the molecule is COC(C)(C)C(=O)c1ccc(C)nc1. The first-order valence-corrected chi connectivity index (χ1v) is 4.50. The zero-order valence-electron chi connectivity index (χ0n) is 9.00. The van der Waals surface area contributed by atoms with Gasteiger partial charge < -0.3 is 4.74 Å². The van der Waals surface area contributed by atoms with Crippen LogP contribution in [0.1, 0.15) is 29.9 Å². The summed E-state index contributed by atoms with van der Waals surface area (Å²) in [7, 11) is 1.53. The molecule has 1 aromatic heterocycles. The Bertz CT molecular complexity index is 328. The summed E-state index contributed by atoms with van der Waals surface area (Å²) in [5.74, 6) is -0.0486. The fourth-order valence-electron chi connectivity index (χ4n) is 1.04. The van der Waals surface area contributed by atoms with Crippen molar-refractivity contribution < 1.29 is 9.53 Å². The molecule has 3 nitrogen and oxygen atoms in total. The number of rotatable bonds is 3. The van der Waals surface area contributed by atoms with Gasteiger partial charge in [-0.3, -0.25) is 9.78 Å². The minimum atomic E-state index is -0.781. The quantitative estimate of drug-likeness (QED) is 0.689. The minimum absolute atomic E-state index is 0.0486. The summed E-state index contributed by atoms with van der Waals surface area (Å²) in [6.07, 6.45) is 1.58. The van der Waals surface area contributed by atoms with Crippen LogP contribution in [0, 0.1) is 6.92 Å². The monoisotopic (exact) mass is 193 g/mol. The van der Waals surface area contributed by atoms with Crippen LogP contribution in [0.3, 0.4) is 0 Å². The average molecular weight is 193 g/mol. The summed E-state index contributed by atoms with van der Waals surface area (Å²) in [5.41, 5.74) is 0.705. The largest absolute Gasteiger partial charge is 0.371 e. The minimum Gasteiger partial charge on any atom is -0.371 e. The summed E-state index contributed by atoms with van der Waals surface area (Å²) >= 11 is 0. The van der Waals surface area contributed by atoms with Crippen molar-refractivity contribution in [3.8, 4) is 0 Å². The van der Waals surface area contributed by atoms with Gasteiger partial charge in [0.1, 0.15) is 5.60 Å². The summed E-state index contributed by atoms with van der Waals surface area (Å²) in [5, 5.41) is 0. The van der Waals surface area contributed by atoms with E-state index in [0.29, 0.717) is 5.56 Å². The van der Waals surface area contributed by atoms with Crippen LogP contribution in [0.5, 0.6) is 0 Å². The normalized spacial score (nSPS) is 11.4. The van der Waals surface area contributed by atoms with Gasteiger partial charge in [-0.05, 0) is 32.9 Å². The molecule has 0 radical (unpaired) electrons. The fraction of sp³-hybridized carbons (Fsp3) is 0.455. The maximum Gasteiger partial charge on any atom is 0.195 e. The van der Waals surface area contributed by atoms with E-state index >= 15 is 0 Å². The zero-order valence-corrected chi connectivity index (χ0v) is 9.00. The third kappa shape index (κ3) is 2.17. The van der Waals surface area contributed by atoms with E-state index in [4.69, 9.17) is 4.74 Å². The number of pyridine rings is 1. The number of Topliss-reactive ketones (excluding diaryl/α,β-unsaturated/α-hetero) is 1. The Morgan fingerprint density at radius 2 is 2.07 bits per heavy atom. The van der Waals surface area contributed by atoms with E-state index in [1.54, 1.807) is 26.1 Å². The molecule has 0 saturated carbocycles. The van der Waals surface area contributed by atoms with Crippen molar-refractivity contribution in [2.45, 2.75) is 26.4 Å². The van der Waals surface area contributed by atoms with Crippen LogP contribution in [0.15, 0.2) is 18.3 Å². The number of nitrogens with zero attached hydrogens (tertiary/aromatic N) is 1. The maximum atomic E-state index is 11.8. The lowest BCUT2D eigenvalue weighted by atomic mass is 9.98. The molecule has 3 heteroatoms. The highest BCUT2D eigenvalue weighted by atomic mass is 16.5. The number of carbonyl (C=O) groups is 1. The Hall–Kier alpha value is -1.22. The second-order valence-corrected chi connectivity index (χ2v) is 3.73. The number of hydrogen-bond donors (Lipinski definition) is 0. The summed E-state index contributed by atoms with van der Waals surface area (Å²) in [4.78, 5) is 15.9. The number of methoxy groups -OCH3 is 1. The molecule has 0 bridgehead atoms. The number of aromatic nitrogens is 1. The van der Waals surface area contributed by atoms with Gasteiger partial charge in [0.25, 0.3) is 0 Å². The highest BCUT2D eigenvalue weighted by molar-refractivity contribution is 6.01. The lowest BCUT2D eigenvalue weighted by Crippen LogP contribution is -2.33. The standard InChI is InChI=1S/C11H15NO2/c1-8-5-6-9(7-12-8)10(13)11(2,3)14-4/h5-7H,1-4H3. The zero-order chi connectivity index (χ0) is 10.8. The van der Waals surface area contributed by atoms with Crippen molar-refractivity contribution in [1.29, 1.82) is 0 Å². The second kappa shape index (κ2) is 3.88. The molecule has 0 N–H and O–H groups in total. The fourth-order valence-corrected chi connectivity index (χ4v) is 1.04. The lowest BCUT2D eigenvalue weighted by Gasteiger charge is -2.20. The van der Waals surface area contributed by atoms with Crippen molar-refractivity contribution in [2.75, 3.05) is 7.11 Å². The lowest BCUT2D eigenvalue weighted by molar-refractivity contribution is 0.0228.